The van der Waals surface area contributed by atoms with Gasteiger partial charge in [-0.1, -0.05) is 63.4 Å². The summed E-state index contributed by atoms with van der Waals surface area (Å²) in [7, 11) is 0. The Balaban J connectivity index is 1.62. The van der Waals surface area contributed by atoms with E-state index in [0.29, 0.717) is 27.0 Å². The van der Waals surface area contributed by atoms with Gasteiger partial charge in [0.05, 0.1) is 15.7 Å². The second kappa shape index (κ2) is 9.79. The van der Waals surface area contributed by atoms with Crippen molar-refractivity contribution in [1.82, 2.24) is 5.32 Å². The van der Waals surface area contributed by atoms with E-state index in [0.717, 1.165) is 14.9 Å². The van der Waals surface area contributed by atoms with E-state index < -0.39 is 17.8 Å². The Morgan fingerprint density at radius 2 is 1.67 bits per heavy atom. The molecule has 0 spiro atoms. The Bertz CT molecular complexity index is 1290. The van der Waals surface area contributed by atoms with Crippen LogP contribution in [0.4, 0.5) is 10.5 Å². The predicted molar refractivity (Wildman–Crippen MR) is 130 cm³/mol. The van der Waals surface area contributed by atoms with Crippen LogP contribution in [-0.2, 0) is 16.2 Å². The molecule has 6 nitrogen and oxygen atoms in total. The molecule has 166 valence electrons. The maximum Gasteiger partial charge on any atom is 0.335 e. The lowest BCUT2D eigenvalue weighted by Gasteiger charge is -2.26. The lowest BCUT2D eigenvalue weighted by atomic mass is 10.1. The summed E-state index contributed by atoms with van der Waals surface area (Å²) < 4.78 is 6.69. The Morgan fingerprint density at radius 1 is 0.939 bits per heavy atom. The molecule has 33 heavy (non-hydrogen) atoms. The summed E-state index contributed by atoms with van der Waals surface area (Å²) in [6.45, 7) is 0.195. The quantitative estimate of drug-likeness (QED) is 0.315. The molecule has 0 aliphatic carbocycles. The molecule has 4 rings (SSSR count). The van der Waals surface area contributed by atoms with Crippen LogP contribution < -0.4 is 15.0 Å². The number of halogens is 3. The zero-order valence-corrected chi connectivity index (χ0v) is 19.9. The Labute approximate surface area is 207 Å². The van der Waals surface area contributed by atoms with Gasteiger partial charge in [-0.3, -0.25) is 14.9 Å². The van der Waals surface area contributed by atoms with Gasteiger partial charge in [-0.05, 0) is 54.1 Å². The van der Waals surface area contributed by atoms with Gasteiger partial charge in [-0.25, -0.2) is 9.69 Å². The van der Waals surface area contributed by atoms with E-state index in [4.69, 9.17) is 27.9 Å². The summed E-state index contributed by atoms with van der Waals surface area (Å²) >= 11 is 15.3. The van der Waals surface area contributed by atoms with E-state index >= 15 is 0 Å². The number of barbiturate groups is 1. The topological polar surface area (TPSA) is 75.7 Å². The molecule has 1 N–H and O–H groups in total. The van der Waals surface area contributed by atoms with Crippen LogP contribution in [0.5, 0.6) is 5.75 Å². The van der Waals surface area contributed by atoms with Crippen LogP contribution in [0.2, 0.25) is 10.0 Å². The second-order valence-corrected chi connectivity index (χ2v) is 8.74. The molecule has 1 saturated heterocycles. The first-order chi connectivity index (χ1) is 15.8. The van der Waals surface area contributed by atoms with Crippen molar-refractivity contribution in [2.24, 2.45) is 0 Å². The van der Waals surface area contributed by atoms with Crippen LogP contribution in [0.3, 0.4) is 0 Å². The number of rotatable bonds is 5. The third-order valence-electron chi connectivity index (χ3n) is 4.78. The van der Waals surface area contributed by atoms with Gasteiger partial charge >= 0.3 is 6.03 Å². The summed E-state index contributed by atoms with van der Waals surface area (Å²) in [6, 6.07) is 17.9. The van der Waals surface area contributed by atoms with Gasteiger partial charge in [-0.15, -0.1) is 0 Å². The fourth-order valence-corrected chi connectivity index (χ4v) is 3.74. The van der Waals surface area contributed by atoms with E-state index in [9.17, 15) is 14.4 Å². The molecule has 1 heterocycles. The molecule has 1 fully saturated rings. The van der Waals surface area contributed by atoms with Crippen molar-refractivity contribution in [2.45, 2.75) is 6.61 Å². The van der Waals surface area contributed by atoms with Gasteiger partial charge in [0.1, 0.15) is 17.9 Å². The molecule has 0 unspecified atom stereocenters. The van der Waals surface area contributed by atoms with Crippen molar-refractivity contribution in [1.29, 1.82) is 0 Å². The van der Waals surface area contributed by atoms with E-state index in [1.54, 1.807) is 66.7 Å². The highest BCUT2D eigenvalue weighted by molar-refractivity contribution is 9.10. The summed E-state index contributed by atoms with van der Waals surface area (Å²) in [5.74, 6) is -1.06. The molecular formula is C24H15BrCl2N2O4. The highest BCUT2D eigenvalue weighted by Gasteiger charge is 2.36. The summed E-state index contributed by atoms with van der Waals surface area (Å²) in [6.07, 6.45) is 1.40. The molecule has 1 aliphatic rings. The molecule has 0 radical (unpaired) electrons. The first-order valence-corrected chi connectivity index (χ1v) is 11.2. The minimum absolute atomic E-state index is 0.192. The SMILES string of the molecule is O=C1NC(=O)N(c2ccc(Br)cc2)C(=O)/C1=C/c1ccccc1OCc1ccc(Cl)c(Cl)c1. The lowest BCUT2D eigenvalue weighted by molar-refractivity contribution is -0.122. The van der Waals surface area contributed by atoms with Gasteiger partial charge in [0.2, 0.25) is 0 Å². The molecule has 3 aromatic carbocycles. The number of para-hydroxylation sites is 1. The van der Waals surface area contributed by atoms with Crippen LogP contribution in [0.15, 0.2) is 76.8 Å². The number of ether oxygens (including phenoxy) is 1. The average Bonchev–Trinajstić information content (AvgIpc) is 2.79. The number of benzene rings is 3. The molecule has 9 heteroatoms. The molecule has 4 amide bonds. The number of urea groups is 1. The fourth-order valence-electron chi connectivity index (χ4n) is 3.16. The van der Waals surface area contributed by atoms with Crippen molar-refractivity contribution < 1.29 is 19.1 Å². The second-order valence-electron chi connectivity index (χ2n) is 7.01. The van der Waals surface area contributed by atoms with E-state index in [2.05, 4.69) is 21.2 Å². The maximum absolute atomic E-state index is 13.1. The molecule has 1 aliphatic heterocycles. The van der Waals surface area contributed by atoms with Crippen molar-refractivity contribution >= 4 is 68.7 Å². The Morgan fingerprint density at radius 3 is 2.39 bits per heavy atom. The number of hydrogen-bond acceptors (Lipinski definition) is 4. The summed E-state index contributed by atoms with van der Waals surface area (Å²) in [4.78, 5) is 38.9. The van der Waals surface area contributed by atoms with Crippen LogP contribution >= 0.6 is 39.1 Å². The third kappa shape index (κ3) is 5.11. The number of anilines is 1. The predicted octanol–water partition coefficient (Wildman–Crippen LogP) is 6.00. The normalized spacial score (nSPS) is 15.1. The third-order valence-corrected chi connectivity index (χ3v) is 6.05. The van der Waals surface area contributed by atoms with Crippen LogP contribution in [0.1, 0.15) is 11.1 Å². The molecule has 3 aromatic rings. The number of carbonyl (C=O) groups is 3. The van der Waals surface area contributed by atoms with Crippen molar-refractivity contribution in [3.8, 4) is 5.75 Å². The maximum atomic E-state index is 13.1. The lowest BCUT2D eigenvalue weighted by Crippen LogP contribution is -2.54. The Kier molecular flexibility index (Phi) is 6.83. The zero-order valence-electron chi connectivity index (χ0n) is 16.8. The summed E-state index contributed by atoms with van der Waals surface area (Å²) in [5.41, 5.74) is 1.44. The highest BCUT2D eigenvalue weighted by Crippen LogP contribution is 2.28. The van der Waals surface area contributed by atoms with Gasteiger partial charge in [-0.2, -0.15) is 0 Å². The van der Waals surface area contributed by atoms with Gasteiger partial charge in [0.25, 0.3) is 11.8 Å². The smallest absolute Gasteiger partial charge is 0.335 e. The first-order valence-electron chi connectivity index (χ1n) is 9.66. The largest absolute Gasteiger partial charge is 0.488 e. The molecule has 0 atom stereocenters. The number of hydrogen-bond donors (Lipinski definition) is 1. The number of amides is 4. The van der Waals surface area contributed by atoms with Crippen molar-refractivity contribution in [3.63, 3.8) is 0 Å². The molecule has 0 aromatic heterocycles. The fraction of sp³-hybridized carbons (Fsp3) is 0.0417. The highest BCUT2D eigenvalue weighted by atomic mass is 79.9. The minimum Gasteiger partial charge on any atom is -0.488 e. The first kappa shape index (κ1) is 23.0. The van der Waals surface area contributed by atoms with E-state index in [-0.39, 0.29) is 12.2 Å². The Hall–Kier alpha value is -3.13. The number of nitrogens with zero attached hydrogens (tertiary/aromatic N) is 1. The van der Waals surface area contributed by atoms with Crippen LogP contribution in [0, 0.1) is 0 Å². The van der Waals surface area contributed by atoms with Crippen molar-refractivity contribution in [3.05, 3.63) is 97.9 Å². The number of carbonyl (C=O) groups excluding carboxylic acids is 3. The molecule has 0 saturated carbocycles. The summed E-state index contributed by atoms with van der Waals surface area (Å²) in [5, 5.41) is 3.07. The van der Waals surface area contributed by atoms with E-state index in [1.165, 1.54) is 6.08 Å². The minimum atomic E-state index is -0.811. The monoisotopic (exact) mass is 544 g/mol. The number of nitrogens with one attached hydrogen (secondary N) is 1. The molecule has 0 bridgehead atoms. The zero-order chi connectivity index (χ0) is 23.5. The van der Waals surface area contributed by atoms with Crippen molar-refractivity contribution in [2.75, 3.05) is 4.90 Å². The van der Waals surface area contributed by atoms with Gasteiger partial charge in [0, 0.05) is 10.0 Å². The van der Waals surface area contributed by atoms with Crippen LogP contribution in [0.25, 0.3) is 6.08 Å². The number of imide groups is 2. The van der Waals surface area contributed by atoms with Gasteiger partial charge in [0.15, 0.2) is 0 Å². The van der Waals surface area contributed by atoms with E-state index in [1.807, 2.05) is 0 Å². The van der Waals surface area contributed by atoms with Crippen LogP contribution in [-0.4, -0.2) is 17.8 Å². The molecular weight excluding hydrogens is 531 g/mol. The van der Waals surface area contributed by atoms with Gasteiger partial charge < -0.3 is 4.74 Å². The average molecular weight is 546 g/mol. The standard InChI is InChI=1S/C24H15BrCl2N2O4/c25-16-6-8-17(9-7-16)29-23(31)18(22(30)28-24(29)32)12-15-3-1-2-4-21(15)33-13-14-5-10-19(26)20(27)11-14/h1-12H,13H2,(H,28,30,32)/b18-12+.